The average molecular weight is 385 g/mol. The van der Waals surface area contributed by atoms with Gasteiger partial charge in [-0.05, 0) is 37.0 Å². The predicted octanol–water partition coefficient (Wildman–Crippen LogP) is 4.08. The number of benzene rings is 2. The van der Waals surface area contributed by atoms with Gasteiger partial charge in [-0.3, -0.25) is 14.5 Å². The number of fused-ring (bicyclic) bond motifs is 6. The van der Waals surface area contributed by atoms with Gasteiger partial charge in [0.05, 0.1) is 29.7 Å². The van der Waals surface area contributed by atoms with E-state index >= 15 is 0 Å². The third-order valence-electron chi connectivity index (χ3n) is 7.20. The highest BCUT2D eigenvalue weighted by Crippen LogP contribution is 2.55. The van der Waals surface area contributed by atoms with Gasteiger partial charge < -0.3 is 4.74 Å². The van der Waals surface area contributed by atoms with Gasteiger partial charge in [0.25, 0.3) is 0 Å². The number of allylic oxidation sites excluding steroid dienone is 1. The Morgan fingerprint density at radius 3 is 2.24 bits per heavy atom. The molecule has 0 N–H and O–H groups in total. The summed E-state index contributed by atoms with van der Waals surface area (Å²) in [5.74, 6) is -0.859. The Bertz CT molecular complexity index is 999. The molecule has 4 aliphatic rings. The van der Waals surface area contributed by atoms with Crippen LogP contribution in [-0.4, -0.2) is 24.0 Å². The van der Waals surface area contributed by atoms with Crippen LogP contribution in [0.25, 0.3) is 0 Å². The average Bonchev–Trinajstić information content (AvgIpc) is 3.27. The molecule has 0 aromatic heterocycles. The Morgan fingerprint density at radius 1 is 0.793 bits per heavy atom. The molecule has 3 heterocycles. The predicted molar refractivity (Wildman–Crippen MR) is 109 cm³/mol. The van der Waals surface area contributed by atoms with Crippen LogP contribution in [0.3, 0.4) is 0 Å². The van der Waals surface area contributed by atoms with E-state index in [9.17, 15) is 9.59 Å². The first-order valence-electron chi connectivity index (χ1n) is 10.6. The molecule has 4 nitrogen and oxygen atoms in total. The summed E-state index contributed by atoms with van der Waals surface area (Å²) in [4.78, 5) is 28.8. The normalized spacial score (nSPS) is 35.3. The molecule has 6 rings (SSSR count). The first kappa shape index (κ1) is 17.2. The highest BCUT2D eigenvalue weighted by atomic mass is 16.5. The molecule has 0 spiro atoms. The van der Waals surface area contributed by atoms with Gasteiger partial charge in [-0.2, -0.15) is 0 Å². The lowest BCUT2D eigenvalue weighted by Crippen LogP contribution is -2.44. The topological polar surface area (TPSA) is 46.6 Å². The monoisotopic (exact) mass is 385 g/mol. The van der Waals surface area contributed by atoms with Crippen molar-refractivity contribution in [3.05, 3.63) is 77.9 Å². The molecule has 3 fully saturated rings. The van der Waals surface area contributed by atoms with E-state index in [0.29, 0.717) is 5.69 Å². The van der Waals surface area contributed by atoms with Crippen LogP contribution in [0.2, 0.25) is 0 Å². The van der Waals surface area contributed by atoms with Crippen molar-refractivity contribution >= 4 is 17.5 Å². The Kier molecular flexibility index (Phi) is 3.78. The molecule has 3 aliphatic heterocycles. The number of hydrogen-bond donors (Lipinski definition) is 0. The minimum atomic E-state index is -0.361. The third kappa shape index (κ3) is 2.48. The first-order chi connectivity index (χ1) is 14.2. The maximum Gasteiger partial charge on any atom is 0.238 e. The van der Waals surface area contributed by atoms with E-state index in [2.05, 4.69) is 18.2 Å². The summed E-state index contributed by atoms with van der Waals surface area (Å²) in [6.45, 7) is 0. The molecule has 2 amide bonds. The van der Waals surface area contributed by atoms with E-state index in [0.717, 1.165) is 24.8 Å². The summed E-state index contributed by atoms with van der Waals surface area (Å²) in [5.41, 5.74) is 3.12. The summed E-state index contributed by atoms with van der Waals surface area (Å²) in [6.07, 6.45) is 5.56. The zero-order valence-corrected chi connectivity index (χ0v) is 16.1. The largest absolute Gasteiger partial charge is 0.374 e. The summed E-state index contributed by atoms with van der Waals surface area (Å²) < 4.78 is 6.22. The quantitative estimate of drug-likeness (QED) is 0.578. The lowest BCUT2D eigenvalue weighted by atomic mass is 9.64. The zero-order valence-electron chi connectivity index (χ0n) is 16.1. The summed E-state index contributed by atoms with van der Waals surface area (Å²) in [5, 5.41) is 0. The first-order valence-corrected chi connectivity index (χ1v) is 10.6. The maximum atomic E-state index is 13.7. The molecule has 2 aromatic rings. The van der Waals surface area contributed by atoms with E-state index in [1.54, 1.807) is 0 Å². The molecule has 0 radical (unpaired) electrons. The molecule has 1 aliphatic carbocycles. The molecule has 4 heteroatoms. The second kappa shape index (κ2) is 6.39. The molecular formula is C25H23NO3. The summed E-state index contributed by atoms with van der Waals surface area (Å²) in [7, 11) is 0. The highest BCUT2D eigenvalue weighted by Gasteiger charge is 2.60. The number of carbonyl (C=O) groups excluding carboxylic acids is 2. The van der Waals surface area contributed by atoms with Crippen molar-refractivity contribution in [2.24, 2.45) is 17.8 Å². The number of hydrogen-bond acceptors (Lipinski definition) is 3. The molecular weight excluding hydrogens is 362 g/mol. The number of ether oxygens (including phenoxy) is 1. The van der Waals surface area contributed by atoms with Crippen molar-refractivity contribution in [2.75, 3.05) is 4.90 Å². The Labute approximate surface area is 170 Å². The van der Waals surface area contributed by atoms with Crippen molar-refractivity contribution in [3.63, 3.8) is 0 Å². The van der Waals surface area contributed by atoms with Gasteiger partial charge in [-0.1, -0.05) is 60.2 Å². The second-order valence-electron chi connectivity index (χ2n) is 8.68. The van der Waals surface area contributed by atoms with Gasteiger partial charge in [-0.15, -0.1) is 0 Å². The standard InChI is InChI=1S/C25H23NO3/c27-24-22-19(15-7-3-1-4-8-15)14-16-13-18-11-12-20(29-18)21(16)23(22)25(28)26(24)17-9-5-2-6-10-17/h1-10,14,18-23H,11-13H2/t18-,19+,20+,21-,22?,23-/m1/s1. The van der Waals surface area contributed by atoms with Crippen LogP contribution >= 0.6 is 0 Å². The van der Waals surface area contributed by atoms with Crippen molar-refractivity contribution in [3.8, 4) is 0 Å². The SMILES string of the molecule is O=C1C2[C@H](c3ccccc3)C=C3C[C@H]4CC[C@H](O4)[C@@H]3[C@H]2C(=O)N1c1ccccc1. The van der Waals surface area contributed by atoms with Crippen molar-refractivity contribution < 1.29 is 14.3 Å². The number of nitrogens with zero attached hydrogens (tertiary/aromatic N) is 1. The smallest absolute Gasteiger partial charge is 0.238 e. The summed E-state index contributed by atoms with van der Waals surface area (Å²) >= 11 is 0. The molecule has 146 valence electrons. The van der Waals surface area contributed by atoms with Gasteiger partial charge in [0.2, 0.25) is 11.8 Å². The second-order valence-corrected chi connectivity index (χ2v) is 8.68. The Hall–Kier alpha value is -2.72. The van der Waals surface area contributed by atoms with Crippen molar-refractivity contribution in [1.82, 2.24) is 0 Å². The molecule has 6 atom stereocenters. The number of rotatable bonds is 2. The van der Waals surface area contributed by atoms with Gasteiger partial charge in [0.15, 0.2) is 0 Å². The van der Waals surface area contributed by atoms with Crippen LogP contribution in [0.15, 0.2) is 72.3 Å². The number of carbonyl (C=O) groups is 2. The van der Waals surface area contributed by atoms with Crippen LogP contribution in [0.5, 0.6) is 0 Å². The van der Waals surface area contributed by atoms with Crippen LogP contribution in [0, 0.1) is 17.8 Å². The highest BCUT2D eigenvalue weighted by molar-refractivity contribution is 6.22. The maximum absolute atomic E-state index is 13.7. The minimum Gasteiger partial charge on any atom is -0.374 e. The molecule has 3 saturated heterocycles. The van der Waals surface area contributed by atoms with E-state index in [4.69, 9.17) is 4.74 Å². The third-order valence-corrected chi connectivity index (χ3v) is 7.20. The van der Waals surface area contributed by atoms with Gasteiger partial charge in [0.1, 0.15) is 0 Å². The Morgan fingerprint density at radius 2 is 1.48 bits per heavy atom. The fraction of sp³-hybridized carbons (Fsp3) is 0.360. The van der Waals surface area contributed by atoms with Crippen LogP contribution in [-0.2, 0) is 14.3 Å². The fourth-order valence-electron chi connectivity index (χ4n) is 6.04. The minimum absolute atomic E-state index is 0.0314. The van der Waals surface area contributed by atoms with E-state index in [1.165, 1.54) is 10.5 Å². The van der Waals surface area contributed by atoms with Crippen LogP contribution in [0.4, 0.5) is 5.69 Å². The fourth-order valence-corrected chi connectivity index (χ4v) is 6.04. The molecule has 2 aromatic carbocycles. The number of imide groups is 1. The van der Waals surface area contributed by atoms with E-state index in [-0.39, 0.29) is 47.7 Å². The van der Waals surface area contributed by atoms with Crippen LogP contribution < -0.4 is 4.90 Å². The molecule has 29 heavy (non-hydrogen) atoms. The molecule has 1 unspecified atom stereocenters. The van der Waals surface area contributed by atoms with Crippen LogP contribution in [0.1, 0.15) is 30.7 Å². The molecule has 2 bridgehead atoms. The number of anilines is 1. The lowest BCUT2D eigenvalue weighted by molar-refractivity contribution is -0.126. The summed E-state index contributed by atoms with van der Waals surface area (Å²) in [6, 6.07) is 19.5. The van der Waals surface area contributed by atoms with E-state index < -0.39 is 0 Å². The Balaban J connectivity index is 1.50. The molecule has 0 saturated carbocycles. The van der Waals surface area contributed by atoms with Crippen molar-refractivity contribution in [1.29, 1.82) is 0 Å². The van der Waals surface area contributed by atoms with Gasteiger partial charge >= 0.3 is 0 Å². The van der Waals surface area contributed by atoms with E-state index in [1.807, 2.05) is 48.5 Å². The van der Waals surface area contributed by atoms with Gasteiger partial charge in [-0.25, -0.2) is 0 Å². The zero-order chi connectivity index (χ0) is 19.5. The van der Waals surface area contributed by atoms with Gasteiger partial charge in [0, 0.05) is 11.8 Å². The van der Waals surface area contributed by atoms with Crippen molar-refractivity contribution in [2.45, 2.75) is 37.4 Å². The lowest BCUT2D eigenvalue weighted by Gasteiger charge is -2.42. The number of para-hydroxylation sites is 1. The number of amides is 2.